The monoisotopic (exact) mass is 346 g/mol. The van der Waals surface area contributed by atoms with Gasteiger partial charge in [-0.05, 0) is 49.3 Å². The van der Waals surface area contributed by atoms with E-state index in [4.69, 9.17) is 9.47 Å². The van der Waals surface area contributed by atoms with E-state index in [0.717, 1.165) is 52.0 Å². The first-order chi connectivity index (χ1) is 12.1. The van der Waals surface area contributed by atoms with Gasteiger partial charge < -0.3 is 19.7 Å². The number of methoxy groups -OCH3 is 1. The van der Waals surface area contributed by atoms with Crippen LogP contribution in [0, 0.1) is 5.41 Å². The smallest absolute Gasteiger partial charge is 0.251 e. The third-order valence-corrected chi connectivity index (χ3v) is 5.30. The lowest BCUT2D eigenvalue weighted by Gasteiger charge is -2.45. The zero-order valence-electron chi connectivity index (χ0n) is 14.8. The van der Waals surface area contributed by atoms with Crippen molar-refractivity contribution in [2.75, 3.05) is 40.0 Å². The number of rotatable bonds is 4. The first-order valence-electron chi connectivity index (χ1n) is 8.90. The molecule has 136 valence electrons. The molecule has 1 N–H and O–H groups in total. The maximum absolute atomic E-state index is 12.5. The molecule has 1 spiro atoms. The molecule has 2 aliphatic heterocycles. The summed E-state index contributed by atoms with van der Waals surface area (Å²) in [5, 5.41) is 2.73. The van der Waals surface area contributed by atoms with E-state index in [1.165, 1.54) is 0 Å². The molecule has 2 aliphatic rings. The number of hydrogen-bond donors (Lipinski definition) is 1. The van der Waals surface area contributed by atoms with Crippen molar-refractivity contribution >= 4 is 11.8 Å². The fraction of sp³-hybridized carbons (Fsp3) is 0.579. The molecule has 0 bridgehead atoms. The maximum Gasteiger partial charge on any atom is 0.251 e. The number of ether oxygens (including phenoxy) is 2. The molecule has 2 fully saturated rings. The van der Waals surface area contributed by atoms with Gasteiger partial charge in [-0.2, -0.15) is 0 Å². The molecule has 6 heteroatoms. The van der Waals surface area contributed by atoms with E-state index in [0.29, 0.717) is 11.3 Å². The van der Waals surface area contributed by atoms with Gasteiger partial charge in [0.2, 0.25) is 5.91 Å². The van der Waals surface area contributed by atoms with E-state index >= 15 is 0 Å². The summed E-state index contributed by atoms with van der Waals surface area (Å²) in [7, 11) is 1.56. The van der Waals surface area contributed by atoms with Gasteiger partial charge in [0, 0.05) is 31.9 Å². The Morgan fingerprint density at radius 3 is 2.84 bits per heavy atom. The Balaban J connectivity index is 1.54. The van der Waals surface area contributed by atoms with Crippen LogP contribution in [0.4, 0.5) is 0 Å². The van der Waals surface area contributed by atoms with Gasteiger partial charge in [0.05, 0.1) is 13.7 Å². The predicted octanol–water partition coefficient (Wildman–Crippen LogP) is 1.84. The predicted molar refractivity (Wildman–Crippen MR) is 93.6 cm³/mol. The molecule has 6 nitrogen and oxygen atoms in total. The van der Waals surface area contributed by atoms with Crippen LogP contribution in [-0.2, 0) is 9.53 Å². The van der Waals surface area contributed by atoms with E-state index < -0.39 is 0 Å². The van der Waals surface area contributed by atoms with Crippen LogP contribution in [0.25, 0.3) is 0 Å². The molecule has 0 atom stereocenters. The van der Waals surface area contributed by atoms with Gasteiger partial charge in [0.15, 0.2) is 0 Å². The number of nitrogens with zero attached hydrogens (tertiary/aromatic N) is 1. The highest BCUT2D eigenvalue weighted by atomic mass is 16.5. The first-order valence-corrected chi connectivity index (χ1v) is 8.90. The molecule has 0 aromatic heterocycles. The fourth-order valence-corrected chi connectivity index (χ4v) is 3.77. The summed E-state index contributed by atoms with van der Waals surface area (Å²) in [6.07, 6.45) is 4.23. The molecule has 2 heterocycles. The Hall–Kier alpha value is -2.08. The number of carbonyl (C=O) groups is 2. The van der Waals surface area contributed by atoms with Crippen LogP contribution in [0.2, 0.25) is 0 Å². The Bertz CT molecular complexity index is 620. The second-order valence-corrected chi connectivity index (χ2v) is 6.95. The van der Waals surface area contributed by atoms with Crippen molar-refractivity contribution in [1.29, 1.82) is 0 Å². The van der Waals surface area contributed by atoms with Gasteiger partial charge in [-0.15, -0.1) is 0 Å². The molecule has 0 unspecified atom stereocenters. The summed E-state index contributed by atoms with van der Waals surface area (Å²) in [6, 6.07) is 6.91. The van der Waals surface area contributed by atoms with Gasteiger partial charge in [-0.1, -0.05) is 6.07 Å². The molecular formula is C19H26N2O4. The number of likely N-dealkylation sites (tertiary alicyclic amines) is 1. The van der Waals surface area contributed by atoms with Gasteiger partial charge in [-0.3, -0.25) is 9.59 Å². The first kappa shape index (κ1) is 17.7. The van der Waals surface area contributed by atoms with Crippen LogP contribution in [0.15, 0.2) is 24.3 Å². The van der Waals surface area contributed by atoms with E-state index in [2.05, 4.69) is 5.32 Å². The lowest BCUT2D eigenvalue weighted by molar-refractivity contribution is -0.135. The van der Waals surface area contributed by atoms with Crippen molar-refractivity contribution < 1.29 is 19.1 Å². The quantitative estimate of drug-likeness (QED) is 0.903. The zero-order chi connectivity index (χ0) is 17.7. The van der Waals surface area contributed by atoms with Gasteiger partial charge in [-0.25, -0.2) is 0 Å². The highest BCUT2D eigenvalue weighted by Gasteiger charge is 2.38. The maximum atomic E-state index is 12.5. The number of hydrogen-bond acceptors (Lipinski definition) is 4. The number of amides is 2. The molecule has 1 aromatic rings. The zero-order valence-corrected chi connectivity index (χ0v) is 14.8. The topological polar surface area (TPSA) is 67.9 Å². The number of nitrogens with one attached hydrogen (secondary N) is 1. The average molecular weight is 346 g/mol. The molecule has 2 amide bonds. The summed E-state index contributed by atoms with van der Waals surface area (Å²) >= 11 is 0. The van der Waals surface area contributed by atoms with Crippen molar-refractivity contribution in [3.05, 3.63) is 29.8 Å². The largest absolute Gasteiger partial charge is 0.497 e. The second kappa shape index (κ2) is 7.87. The highest BCUT2D eigenvalue weighted by molar-refractivity contribution is 5.96. The van der Waals surface area contributed by atoms with Gasteiger partial charge >= 0.3 is 0 Å². The Morgan fingerprint density at radius 2 is 2.08 bits per heavy atom. The third-order valence-electron chi connectivity index (χ3n) is 5.30. The molecular weight excluding hydrogens is 320 g/mol. The summed E-state index contributed by atoms with van der Waals surface area (Å²) in [5.41, 5.74) is 0.704. The molecule has 2 saturated heterocycles. The Morgan fingerprint density at radius 1 is 1.28 bits per heavy atom. The number of piperidine rings is 1. The number of benzene rings is 1. The van der Waals surface area contributed by atoms with Crippen molar-refractivity contribution in [3.8, 4) is 5.75 Å². The van der Waals surface area contributed by atoms with Crippen LogP contribution in [0.3, 0.4) is 0 Å². The average Bonchev–Trinajstić information content (AvgIpc) is 2.66. The third kappa shape index (κ3) is 4.31. The summed E-state index contributed by atoms with van der Waals surface area (Å²) < 4.78 is 10.6. The molecule has 0 radical (unpaired) electrons. The minimum Gasteiger partial charge on any atom is -0.497 e. The van der Waals surface area contributed by atoms with Gasteiger partial charge in [0.25, 0.3) is 5.91 Å². The van der Waals surface area contributed by atoms with Crippen molar-refractivity contribution in [1.82, 2.24) is 10.2 Å². The van der Waals surface area contributed by atoms with Crippen LogP contribution in [0.1, 0.15) is 36.0 Å². The molecule has 0 saturated carbocycles. The van der Waals surface area contributed by atoms with Gasteiger partial charge in [0.1, 0.15) is 5.75 Å². The molecule has 3 rings (SSSR count). The van der Waals surface area contributed by atoms with Crippen molar-refractivity contribution in [2.24, 2.45) is 5.41 Å². The molecule has 0 aliphatic carbocycles. The summed E-state index contributed by atoms with van der Waals surface area (Å²) in [6.45, 7) is 3.16. The van der Waals surface area contributed by atoms with E-state index in [1.807, 2.05) is 4.90 Å². The summed E-state index contributed by atoms with van der Waals surface area (Å²) in [4.78, 5) is 26.7. The lowest BCUT2D eigenvalue weighted by Crippen LogP contribution is -2.50. The SMILES string of the molecule is COc1cccc(C(=O)NCC(=O)N2CCCC3(CCOCC3)C2)c1. The van der Waals surface area contributed by atoms with E-state index in [9.17, 15) is 9.59 Å². The minimum absolute atomic E-state index is 0.0122. The van der Waals surface area contributed by atoms with Crippen LogP contribution in [0.5, 0.6) is 5.75 Å². The molecule has 25 heavy (non-hydrogen) atoms. The van der Waals surface area contributed by atoms with E-state index in [1.54, 1.807) is 31.4 Å². The minimum atomic E-state index is -0.259. The van der Waals surface area contributed by atoms with Crippen molar-refractivity contribution in [3.63, 3.8) is 0 Å². The number of carbonyl (C=O) groups excluding carboxylic acids is 2. The molecule has 1 aromatic carbocycles. The standard InChI is InChI=1S/C19H26N2O4/c1-24-16-5-2-4-15(12-16)18(23)20-13-17(22)21-9-3-6-19(14-21)7-10-25-11-8-19/h2,4-5,12H,3,6-11,13-14H2,1H3,(H,20,23). The fourth-order valence-electron chi connectivity index (χ4n) is 3.77. The normalized spacial score (nSPS) is 19.5. The van der Waals surface area contributed by atoms with Crippen LogP contribution < -0.4 is 10.1 Å². The second-order valence-electron chi connectivity index (χ2n) is 6.95. The summed E-state index contributed by atoms with van der Waals surface area (Å²) in [5.74, 6) is 0.350. The highest BCUT2D eigenvalue weighted by Crippen LogP contribution is 2.39. The van der Waals surface area contributed by atoms with Crippen LogP contribution >= 0.6 is 0 Å². The van der Waals surface area contributed by atoms with Crippen molar-refractivity contribution in [2.45, 2.75) is 25.7 Å². The Labute approximate surface area is 148 Å². The lowest BCUT2D eigenvalue weighted by atomic mass is 9.74. The van der Waals surface area contributed by atoms with E-state index in [-0.39, 0.29) is 23.8 Å². The van der Waals surface area contributed by atoms with Crippen LogP contribution in [-0.4, -0.2) is 56.7 Å². The Kier molecular flexibility index (Phi) is 5.58.